The van der Waals surface area contributed by atoms with Crippen molar-refractivity contribution < 1.29 is 9.84 Å². The van der Waals surface area contributed by atoms with Gasteiger partial charge in [0, 0.05) is 5.56 Å². The highest BCUT2D eigenvalue weighted by Crippen LogP contribution is 2.34. The molecule has 1 heterocycles. The Kier molecular flexibility index (Phi) is 2.46. The Hall–Kier alpha value is -1.02. The molecule has 2 heteroatoms. The predicted molar refractivity (Wildman–Crippen MR) is 55.6 cm³/mol. The quantitative estimate of drug-likeness (QED) is 0.684. The Morgan fingerprint density at radius 2 is 2.14 bits per heavy atom. The number of rotatable bonds is 0. The van der Waals surface area contributed by atoms with E-state index in [9.17, 15) is 5.11 Å². The maximum Gasteiger partial charge on any atom is 0.128 e. The second-order valence-electron chi connectivity index (χ2n) is 4.01. The number of fused-ring (bicyclic) bond motifs is 1. The lowest BCUT2D eigenvalue weighted by Gasteiger charge is -2.14. The molecule has 0 fully saturated rings. The fraction of sp³-hybridized carbons (Fsp3) is 0.500. The van der Waals surface area contributed by atoms with Gasteiger partial charge in [-0.15, -0.1) is 0 Å². The molecule has 1 unspecified atom stereocenters. The zero-order chi connectivity index (χ0) is 10.1. The van der Waals surface area contributed by atoms with Crippen molar-refractivity contribution in [3.8, 4) is 5.75 Å². The van der Waals surface area contributed by atoms with E-state index >= 15 is 0 Å². The first-order chi connectivity index (χ1) is 6.68. The smallest absolute Gasteiger partial charge is 0.128 e. The summed E-state index contributed by atoms with van der Waals surface area (Å²) in [6.45, 7) is 4.79. The van der Waals surface area contributed by atoms with Gasteiger partial charge in [-0.25, -0.2) is 0 Å². The van der Waals surface area contributed by atoms with Gasteiger partial charge in [0.25, 0.3) is 0 Å². The van der Waals surface area contributed by atoms with Gasteiger partial charge >= 0.3 is 0 Å². The third-order valence-corrected chi connectivity index (χ3v) is 2.67. The molecule has 0 aliphatic carbocycles. The fourth-order valence-electron chi connectivity index (χ4n) is 2.04. The number of hydrogen-bond acceptors (Lipinski definition) is 2. The lowest BCUT2D eigenvalue weighted by molar-refractivity contribution is 0.167. The second-order valence-corrected chi connectivity index (χ2v) is 4.01. The molecule has 0 saturated heterocycles. The van der Waals surface area contributed by atoms with Crippen LogP contribution in [0.5, 0.6) is 5.75 Å². The van der Waals surface area contributed by atoms with E-state index in [0.717, 1.165) is 29.7 Å². The van der Waals surface area contributed by atoms with Gasteiger partial charge in [-0.3, -0.25) is 0 Å². The monoisotopic (exact) mass is 192 g/mol. The lowest BCUT2D eigenvalue weighted by Crippen LogP contribution is -1.99. The van der Waals surface area contributed by atoms with Crippen molar-refractivity contribution in [2.75, 3.05) is 6.61 Å². The van der Waals surface area contributed by atoms with Crippen LogP contribution in [-0.4, -0.2) is 11.7 Å². The summed E-state index contributed by atoms with van der Waals surface area (Å²) in [5.74, 6) is 0.889. The maximum atomic E-state index is 9.91. The van der Waals surface area contributed by atoms with Crippen LogP contribution >= 0.6 is 0 Å². The van der Waals surface area contributed by atoms with Crippen LogP contribution < -0.4 is 4.74 Å². The summed E-state index contributed by atoms with van der Waals surface area (Å²) >= 11 is 0. The van der Waals surface area contributed by atoms with Crippen LogP contribution in [0.3, 0.4) is 0 Å². The number of benzene rings is 1. The van der Waals surface area contributed by atoms with Crippen molar-refractivity contribution >= 4 is 0 Å². The molecule has 1 aliphatic heterocycles. The van der Waals surface area contributed by atoms with Crippen LogP contribution in [0.2, 0.25) is 0 Å². The second kappa shape index (κ2) is 3.62. The van der Waals surface area contributed by atoms with Gasteiger partial charge in [0.2, 0.25) is 0 Å². The van der Waals surface area contributed by atoms with Gasteiger partial charge in [0.1, 0.15) is 5.75 Å². The van der Waals surface area contributed by atoms with E-state index in [-0.39, 0.29) is 6.10 Å². The third-order valence-electron chi connectivity index (χ3n) is 2.67. The number of aryl methyl sites for hydroxylation is 2. The fourth-order valence-corrected chi connectivity index (χ4v) is 2.04. The highest BCUT2D eigenvalue weighted by molar-refractivity contribution is 5.45. The predicted octanol–water partition coefficient (Wildman–Crippen LogP) is 2.51. The Morgan fingerprint density at radius 3 is 2.93 bits per heavy atom. The van der Waals surface area contributed by atoms with E-state index in [2.05, 4.69) is 6.07 Å². The molecule has 1 aromatic carbocycles. The molecule has 1 aliphatic rings. The zero-order valence-corrected chi connectivity index (χ0v) is 8.71. The Bertz CT molecular complexity index is 344. The van der Waals surface area contributed by atoms with Crippen LogP contribution in [0, 0.1) is 13.8 Å². The minimum absolute atomic E-state index is 0.355. The highest BCUT2D eigenvalue weighted by atomic mass is 16.5. The molecule has 14 heavy (non-hydrogen) atoms. The number of aliphatic hydroxyl groups excluding tert-OH is 1. The lowest BCUT2D eigenvalue weighted by atomic mass is 10.00. The summed E-state index contributed by atoms with van der Waals surface area (Å²) < 4.78 is 5.64. The van der Waals surface area contributed by atoms with Gasteiger partial charge < -0.3 is 9.84 Å². The molecule has 0 radical (unpaired) electrons. The molecular formula is C12H16O2. The van der Waals surface area contributed by atoms with Gasteiger partial charge in [-0.1, -0.05) is 11.6 Å². The van der Waals surface area contributed by atoms with Crippen LogP contribution in [0.4, 0.5) is 0 Å². The van der Waals surface area contributed by atoms with Crippen LogP contribution in [0.25, 0.3) is 0 Å². The zero-order valence-electron chi connectivity index (χ0n) is 8.71. The van der Waals surface area contributed by atoms with Crippen molar-refractivity contribution in [3.63, 3.8) is 0 Å². The summed E-state index contributed by atoms with van der Waals surface area (Å²) in [4.78, 5) is 0. The van der Waals surface area contributed by atoms with Gasteiger partial charge in [0.15, 0.2) is 0 Å². The first-order valence-electron chi connectivity index (χ1n) is 5.10. The minimum Gasteiger partial charge on any atom is -0.493 e. The molecule has 0 aromatic heterocycles. The van der Waals surface area contributed by atoms with Crippen molar-refractivity contribution in [1.82, 2.24) is 0 Å². The molecule has 0 amide bonds. The van der Waals surface area contributed by atoms with E-state index < -0.39 is 0 Å². The molecule has 1 atom stereocenters. The average Bonchev–Trinajstić information content (AvgIpc) is 2.29. The van der Waals surface area contributed by atoms with Crippen LogP contribution in [0.1, 0.15) is 35.6 Å². The van der Waals surface area contributed by atoms with Crippen molar-refractivity contribution in [2.24, 2.45) is 0 Å². The molecule has 1 aromatic rings. The van der Waals surface area contributed by atoms with E-state index in [4.69, 9.17) is 4.74 Å². The summed E-state index contributed by atoms with van der Waals surface area (Å²) in [5, 5.41) is 9.91. The van der Waals surface area contributed by atoms with Crippen molar-refractivity contribution in [1.29, 1.82) is 0 Å². The molecule has 0 bridgehead atoms. The number of ether oxygens (including phenoxy) is 1. The van der Waals surface area contributed by atoms with Crippen molar-refractivity contribution in [3.05, 3.63) is 28.8 Å². The third kappa shape index (κ3) is 1.62. The molecule has 0 saturated carbocycles. The Morgan fingerprint density at radius 1 is 1.36 bits per heavy atom. The first-order valence-corrected chi connectivity index (χ1v) is 5.10. The maximum absolute atomic E-state index is 9.91. The number of hydrogen-bond donors (Lipinski definition) is 1. The molecule has 76 valence electrons. The van der Waals surface area contributed by atoms with Gasteiger partial charge in [0.05, 0.1) is 12.7 Å². The summed E-state index contributed by atoms with van der Waals surface area (Å²) in [6.07, 6.45) is 1.37. The highest BCUT2D eigenvalue weighted by Gasteiger charge is 2.19. The first kappa shape index (κ1) is 9.53. The van der Waals surface area contributed by atoms with Crippen LogP contribution in [0.15, 0.2) is 12.1 Å². The topological polar surface area (TPSA) is 29.5 Å². The van der Waals surface area contributed by atoms with E-state index in [1.807, 2.05) is 19.9 Å². The molecule has 1 N–H and O–H groups in total. The summed E-state index contributed by atoms with van der Waals surface area (Å²) in [7, 11) is 0. The van der Waals surface area contributed by atoms with Gasteiger partial charge in [-0.2, -0.15) is 0 Å². The molecular weight excluding hydrogens is 176 g/mol. The van der Waals surface area contributed by atoms with Gasteiger partial charge in [-0.05, 0) is 38.3 Å². The SMILES string of the molecule is Cc1cc(C)c2c(c1)C(O)CCCO2. The largest absolute Gasteiger partial charge is 0.493 e. The number of aliphatic hydroxyl groups is 1. The molecule has 2 rings (SSSR count). The minimum atomic E-state index is -0.355. The van der Waals surface area contributed by atoms with Crippen molar-refractivity contribution in [2.45, 2.75) is 32.8 Å². The van der Waals surface area contributed by atoms with E-state index in [0.29, 0.717) is 6.61 Å². The standard InChI is InChI=1S/C12H16O2/c1-8-6-9(2)12-10(7-8)11(13)4-3-5-14-12/h6-7,11,13H,3-5H2,1-2H3. The average molecular weight is 192 g/mol. The summed E-state index contributed by atoms with van der Waals surface area (Å²) in [6, 6.07) is 4.12. The van der Waals surface area contributed by atoms with Crippen LogP contribution in [-0.2, 0) is 0 Å². The normalized spacial score (nSPS) is 20.9. The summed E-state index contributed by atoms with van der Waals surface area (Å²) in [5.41, 5.74) is 3.27. The van der Waals surface area contributed by atoms with E-state index in [1.165, 1.54) is 5.56 Å². The Labute approximate surface area is 84.5 Å². The van der Waals surface area contributed by atoms with E-state index in [1.54, 1.807) is 0 Å². The Balaban J connectivity index is 2.53. The molecule has 2 nitrogen and oxygen atoms in total. The molecule has 0 spiro atoms.